The maximum atomic E-state index is 3.99. The minimum absolute atomic E-state index is 0.783. The number of rotatable bonds is 4. The summed E-state index contributed by atoms with van der Waals surface area (Å²) in [4.78, 5) is 0. The average Bonchev–Trinajstić information content (AvgIpc) is 2.89. The van der Waals surface area contributed by atoms with Crippen molar-refractivity contribution in [3.8, 4) is 0 Å². The number of aryl methyl sites for hydroxylation is 1. The summed E-state index contributed by atoms with van der Waals surface area (Å²) in [5, 5.41) is 0. The van der Waals surface area contributed by atoms with Gasteiger partial charge in [0.05, 0.1) is 0 Å². The molecule has 1 aliphatic carbocycles. The van der Waals surface area contributed by atoms with Crippen molar-refractivity contribution in [2.24, 2.45) is 0 Å². The topological polar surface area (TPSA) is 0 Å². The third-order valence-electron chi connectivity index (χ3n) is 4.06. The fourth-order valence-corrected chi connectivity index (χ4v) is 2.45. The van der Waals surface area contributed by atoms with Gasteiger partial charge in [-0.2, -0.15) is 0 Å². The van der Waals surface area contributed by atoms with Crippen LogP contribution in [0.3, 0.4) is 0 Å². The number of hydrogen-bond donors (Lipinski definition) is 0. The highest BCUT2D eigenvalue weighted by Gasteiger charge is 2.20. The first-order chi connectivity index (χ1) is 9.53. The lowest BCUT2D eigenvalue weighted by molar-refractivity contribution is 0.656. The molecular formula is C20H28. The van der Waals surface area contributed by atoms with E-state index < -0.39 is 0 Å². The average molecular weight is 268 g/mol. The van der Waals surface area contributed by atoms with Crippen LogP contribution in [0.4, 0.5) is 0 Å². The molecule has 0 aliphatic heterocycles. The second-order valence-corrected chi connectivity index (χ2v) is 5.60. The zero-order chi connectivity index (χ0) is 15.1. The summed E-state index contributed by atoms with van der Waals surface area (Å²) in [6, 6.07) is 6.74. The van der Waals surface area contributed by atoms with Gasteiger partial charge in [0.15, 0.2) is 0 Å². The van der Waals surface area contributed by atoms with Gasteiger partial charge in [0.2, 0.25) is 0 Å². The molecule has 1 aliphatic rings. The van der Waals surface area contributed by atoms with E-state index >= 15 is 0 Å². The molecule has 108 valence electrons. The van der Waals surface area contributed by atoms with Crippen LogP contribution >= 0.6 is 0 Å². The molecule has 0 bridgehead atoms. The molecule has 0 saturated carbocycles. The Hall–Kier alpha value is -1.56. The van der Waals surface area contributed by atoms with Gasteiger partial charge in [-0.1, -0.05) is 56.9 Å². The maximum absolute atomic E-state index is 3.99. The molecule has 0 heteroatoms. The molecule has 2 rings (SSSR count). The second kappa shape index (κ2) is 7.89. The van der Waals surface area contributed by atoms with Crippen LogP contribution < -0.4 is 0 Å². The van der Waals surface area contributed by atoms with Crippen LogP contribution in [0.5, 0.6) is 0 Å². The first-order valence-corrected chi connectivity index (χ1v) is 7.62. The van der Waals surface area contributed by atoms with Gasteiger partial charge in [-0.15, -0.1) is 6.58 Å². The molecule has 0 spiro atoms. The van der Waals surface area contributed by atoms with Crippen molar-refractivity contribution >= 4 is 5.57 Å². The molecule has 0 radical (unpaired) electrons. The molecule has 1 aromatic carbocycles. The van der Waals surface area contributed by atoms with Gasteiger partial charge in [0, 0.05) is 0 Å². The molecule has 0 aromatic heterocycles. The van der Waals surface area contributed by atoms with Crippen molar-refractivity contribution in [3.63, 3.8) is 0 Å². The molecule has 0 N–H and O–H groups in total. The molecular weight excluding hydrogens is 240 g/mol. The molecule has 1 aromatic rings. The minimum atomic E-state index is 0.783. The summed E-state index contributed by atoms with van der Waals surface area (Å²) in [7, 11) is 0. The van der Waals surface area contributed by atoms with Gasteiger partial charge in [0.1, 0.15) is 0 Å². The molecule has 1 unspecified atom stereocenters. The predicted molar refractivity (Wildman–Crippen MR) is 92.1 cm³/mol. The van der Waals surface area contributed by atoms with E-state index in [1.165, 1.54) is 36.0 Å². The summed E-state index contributed by atoms with van der Waals surface area (Å²) in [6.45, 7) is 17.8. The Morgan fingerprint density at radius 1 is 1.30 bits per heavy atom. The molecule has 0 nitrogen and oxygen atoms in total. The fourth-order valence-electron chi connectivity index (χ4n) is 2.45. The van der Waals surface area contributed by atoms with E-state index in [0.29, 0.717) is 0 Å². The van der Waals surface area contributed by atoms with Crippen LogP contribution in [-0.4, -0.2) is 0 Å². The molecule has 0 fully saturated rings. The maximum Gasteiger partial charge on any atom is -0.0159 e. The van der Waals surface area contributed by atoms with E-state index in [1.54, 1.807) is 5.56 Å². The zero-order valence-electron chi connectivity index (χ0n) is 13.3. The Bertz CT molecular complexity index is 491. The first kappa shape index (κ1) is 16.5. The molecule has 0 heterocycles. The van der Waals surface area contributed by atoms with Crippen molar-refractivity contribution in [2.75, 3.05) is 0 Å². The Labute approximate surface area is 124 Å². The van der Waals surface area contributed by atoms with Crippen LogP contribution in [0.2, 0.25) is 0 Å². The van der Waals surface area contributed by atoms with Crippen molar-refractivity contribution in [1.82, 2.24) is 0 Å². The lowest BCUT2D eigenvalue weighted by atomic mass is 9.96. The smallest absolute Gasteiger partial charge is 0.0159 e. The SMILES string of the molecule is C=C(C)CC.C=CC(=C)c1ccc2c(c1)CCC2CC. The lowest BCUT2D eigenvalue weighted by Crippen LogP contribution is -1.91. The standard InChI is InChI=1S/C15H18.C5H10/c1-4-11(3)13-8-9-15-12(5-2)6-7-14(15)10-13;1-4-5(2)3/h4,8-10,12H,1,3,5-7H2,2H3;2,4H2,1,3H3. The highest BCUT2D eigenvalue weighted by Crippen LogP contribution is 2.36. The number of hydrogen-bond acceptors (Lipinski definition) is 0. The minimum Gasteiger partial charge on any atom is -0.100 e. The van der Waals surface area contributed by atoms with Crippen LogP contribution in [0, 0.1) is 0 Å². The highest BCUT2D eigenvalue weighted by molar-refractivity contribution is 5.72. The third kappa shape index (κ3) is 4.23. The van der Waals surface area contributed by atoms with Crippen LogP contribution in [-0.2, 0) is 6.42 Å². The fraction of sp³-hybridized carbons (Fsp3) is 0.400. The van der Waals surface area contributed by atoms with E-state index in [-0.39, 0.29) is 0 Å². The summed E-state index contributed by atoms with van der Waals surface area (Å²) < 4.78 is 0. The Morgan fingerprint density at radius 2 is 1.95 bits per heavy atom. The summed E-state index contributed by atoms with van der Waals surface area (Å²) in [5.74, 6) is 0.783. The second-order valence-electron chi connectivity index (χ2n) is 5.60. The lowest BCUT2D eigenvalue weighted by Gasteiger charge is -2.09. The zero-order valence-corrected chi connectivity index (χ0v) is 13.3. The summed E-state index contributed by atoms with van der Waals surface area (Å²) in [6.07, 6.45) is 6.74. The Balaban J connectivity index is 0.000000347. The van der Waals surface area contributed by atoms with Crippen molar-refractivity contribution in [2.45, 2.75) is 52.4 Å². The van der Waals surface area contributed by atoms with Gasteiger partial charge in [-0.25, -0.2) is 0 Å². The Morgan fingerprint density at radius 3 is 2.45 bits per heavy atom. The highest BCUT2D eigenvalue weighted by atomic mass is 14.2. The Kier molecular flexibility index (Phi) is 6.51. The summed E-state index contributed by atoms with van der Waals surface area (Å²) in [5.41, 5.74) is 6.57. The molecule has 1 atom stereocenters. The summed E-state index contributed by atoms with van der Waals surface area (Å²) >= 11 is 0. The number of benzene rings is 1. The van der Waals surface area contributed by atoms with Crippen LogP contribution in [0.25, 0.3) is 5.57 Å². The predicted octanol–water partition coefficient (Wildman–Crippen LogP) is 6.30. The van der Waals surface area contributed by atoms with E-state index in [2.05, 4.69) is 51.8 Å². The molecule has 0 saturated heterocycles. The van der Waals surface area contributed by atoms with Crippen LogP contribution in [0.15, 0.2) is 49.6 Å². The van der Waals surface area contributed by atoms with E-state index in [9.17, 15) is 0 Å². The van der Waals surface area contributed by atoms with E-state index in [4.69, 9.17) is 0 Å². The van der Waals surface area contributed by atoms with Gasteiger partial charge in [0.25, 0.3) is 0 Å². The molecule has 20 heavy (non-hydrogen) atoms. The van der Waals surface area contributed by atoms with Crippen LogP contribution in [0.1, 0.15) is 62.6 Å². The largest absolute Gasteiger partial charge is 0.100 e. The third-order valence-corrected chi connectivity index (χ3v) is 4.06. The number of allylic oxidation sites excluding steroid dienone is 3. The first-order valence-electron chi connectivity index (χ1n) is 7.62. The molecule has 0 amide bonds. The van der Waals surface area contributed by atoms with Crippen molar-refractivity contribution in [3.05, 3.63) is 66.3 Å². The quantitative estimate of drug-likeness (QED) is 0.444. The normalized spacial score (nSPS) is 15.8. The van der Waals surface area contributed by atoms with Gasteiger partial charge in [-0.05, 0) is 60.8 Å². The monoisotopic (exact) mass is 268 g/mol. The number of fused-ring (bicyclic) bond motifs is 1. The van der Waals surface area contributed by atoms with Gasteiger partial charge >= 0.3 is 0 Å². The van der Waals surface area contributed by atoms with E-state index in [0.717, 1.165) is 17.9 Å². The van der Waals surface area contributed by atoms with Gasteiger partial charge in [-0.3, -0.25) is 0 Å². The van der Waals surface area contributed by atoms with Crippen molar-refractivity contribution in [1.29, 1.82) is 0 Å². The van der Waals surface area contributed by atoms with Gasteiger partial charge < -0.3 is 0 Å². The van der Waals surface area contributed by atoms with Crippen molar-refractivity contribution < 1.29 is 0 Å². The van der Waals surface area contributed by atoms with E-state index in [1.807, 2.05) is 13.0 Å².